The molecule has 0 aliphatic heterocycles. The normalized spacial score (nSPS) is 10.1. The molecule has 1 aromatic heterocycles. The smallest absolute Gasteiger partial charge is 0.350 e. The van der Waals surface area contributed by atoms with Gasteiger partial charge in [-0.1, -0.05) is 17.7 Å². The van der Waals surface area contributed by atoms with E-state index in [-0.39, 0.29) is 11.9 Å². The molecule has 0 saturated heterocycles. The van der Waals surface area contributed by atoms with Gasteiger partial charge in [-0.2, -0.15) is 9.97 Å². The molecule has 0 radical (unpaired) electrons. The molecule has 2 rings (SSSR count). The van der Waals surface area contributed by atoms with Crippen molar-refractivity contribution in [1.82, 2.24) is 15.0 Å². The van der Waals surface area contributed by atoms with Crippen molar-refractivity contribution in [2.24, 2.45) is 0 Å². The third-order valence-electron chi connectivity index (χ3n) is 1.98. The molecule has 6 heteroatoms. The minimum absolute atomic E-state index is 0.0367. The Balaban J connectivity index is 2.26. The van der Waals surface area contributed by atoms with Crippen molar-refractivity contribution in [1.29, 1.82) is 0 Å². The maximum Gasteiger partial charge on any atom is 0.350 e. The zero-order chi connectivity index (χ0) is 11.5. The Kier molecular flexibility index (Phi) is 2.55. The highest BCUT2D eigenvalue weighted by Gasteiger charge is 2.00. The van der Waals surface area contributed by atoms with Crippen molar-refractivity contribution < 1.29 is 0 Å². The molecule has 16 heavy (non-hydrogen) atoms. The van der Waals surface area contributed by atoms with E-state index in [1.807, 2.05) is 31.2 Å². The summed E-state index contributed by atoms with van der Waals surface area (Å²) in [5.41, 5.74) is 6.82. The van der Waals surface area contributed by atoms with Crippen LogP contribution in [0.15, 0.2) is 29.1 Å². The van der Waals surface area contributed by atoms with Crippen molar-refractivity contribution in [3.05, 3.63) is 40.3 Å². The molecule has 0 spiro atoms. The van der Waals surface area contributed by atoms with Gasteiger partial charge in [0.05, 0.1) is 0 Å². The highest BCUT2D eigenvalue weighted by Crippen LogP contribution is 2.12. The fraction of sp³-hybridized carbons (Fsp3) is 0.100. The monoisotopic (exact) mass is 217 g/mol. The Morgan fingerprint density at radius 3 is 2.56 bits per heavy atom. The fourth-order valence-corrected chi connectivity index (χ4v) is 1.22. The Labute approximate surface area is 91.6 Å². The first-order chi connectivity index (χ1) is 7.63. The zero-order valence-corrected chi connectivity index (χ0v) is 8.69. The second kappa shape index (κ2) is 4.01. The van der Waals surface area contributed by atoms with Gasteiger partial charge in [0.2, 0.25) is 11.9 Å². The number of H-pyrrole nitrogens is 1. The van der Waals surface area contributed by atoms with Gasteiger partial charge < -0.3 is 11.1 Å². The number of aromatic amines is 1. The average molecular weight is 217 g/mol. The van der Waals surface area contributed by atoms with Gasteiger partial charge in [-0.05, 0) is 19.1 Å². The van der Waals surface area contributed by atoms with E-state index in [2.05, 4.69) is 20.3 Å². The molecule has 0 unspecified atom stereocenters. The van der Waals surface area contributed by atoms with Crippen LogP contribution in [0, 0.1) is 6.92 Å². The summed E-state index contributed by atoms with van der Waals surface area (Å²) in [6.07, 6.45) is 0. The molecule has 0 amide bonds. The number of aryl methyl sites for hydroxylation is 1. The lowest BCUT2D eigenvalue weighted by molar-refractivity contribution is 1.01. The standard InChI is InChI=1S/C10H11N5O/c1-6-2-4-7(5-3-6)12-9-13-8(11)14-10(16)15-9/h2-5H,1H3,(H4,11,12,13,14,15,16). The fourth-order valence-electron chi connectivity index (χ4n) is 1.22. The molecular weight excluding hydrogens is 206 g/mol. The second-order valence-corrected chi connectivity index (χ2v) is 3.35. The van der Waals surface area contributed by atoms with E-state index in [0.29, 0.717) is 0 Å². The van der Waals surface area contributed by atoms with Crippen LogP contribution in [-0.2, 0) is 0 Å². The molecule has 2 aromatic rings. The molecule has 6 nitrogen and oxygen atoms in total. The Morgan fingerprint density at radius 2 is 1.94 bits per heavy atom. The van der Waals surface area contributed by atoms with Crippen LogP contribution in [0.4, 0.5) is 17.6 Å². The van der Waals surface area contributed by atoms with E-state index < -0.39 is 5.69 Å². The topological polar surface area (TPSA) is 96.7 Å². The molecule has 0 aliphatic carbocycles. The average Bonchev–Trinajstić information content (AvgIpc) is 2.20. The summed E-state index contributed by atoms with van der Waals surface area (Å²) >= 11 is 0. The van der Waals surface area contributed by atoms with Gasteiger partial charge in [-0.25, -0.2) is 4.79 Å². The molecule has 1 aromatic carbocycles. The molecule has 82 valence electrons. The highest BCUT2D eigenvalue weighted by atomic mass is 16.1. The minimum atomic E-state index is -0.526. The lowest BCUT2D eigenvalue weighted by Crippen LogP contribution is -2.16. The third-order valence-corrected chi connectivity index (χ3v) is 1.98. The predicted molar refractivity (Wildman–Crippen MR) is 61.5 cm³/mol. The second-order valence-electron chi connectivity index (χ2n) is 3.35. The van der Waals surface area contributed by atoms with Crippen molar-refractivity contribution in [3.63, 3.8) is 0 Å². The van der Waals surface area contributed by atoms with Gasteiger partial charge in [0.15, 0.2) is 0 Å². The highest BCUT2D eigenvalue weighted by molar-refractivity contribution is 5.53. The molecule has 0 saturated carbocycles. The molecule has 0 bridgehead atoms. The molecular formula is C10H11N5O. The summed E-state index contributed by atoms with van der Waals surface area (Å²) in [5, 5.41) is 2.89. The molecule has 4 N–H and O–H groups in total. The number of benzene rings is 1. The number of hydrogen-bond donors (Lipinski definition) is 3. The summed E-state index contributed by atoms with van der Waals surface area (Å²) in [5.74, 6) is 0.222. The SMILES string of the molecule is Cc1ccc(Nc2nc(N)[nH]c(=O)n2)cc1. The van der Waals surface area contributed by atoms with Gasteiger partial charge in [-0.15, -0.1) is 0 Å². The number of anilines is 3. The number of nitrogens with one attached hydrogen (secondary N) is 2. The van der Waals surface area contributed by atoms with Crippen LogP contribution in [0.3, 0.4) is 0 Å². The predicted octanol–water partition coefficient (Wildman–Crippen LogP) is 0.799. The largest absolute Gasteiger partial charge is 0.369 e. The van der Waals surface area contributed by atoms with Gasteiger partial charge >= 0.3 is 5.69 Å². The first-order valence-electron chi connectivity index (χ1n) is 4.71. The van der Waals surface area contributed by atoms with Crippen LogP contribution >= 0.6 is 0 Å². The Morgan fingerprint density at radius 1 is 1.25 bits per heavy atom. The molecule has 0 atom stereocenters. The Bertz CT molecular complexity index is 546. The van der Waals surface area contributed by atoms with E-state index in [1.54, 1.807) is 0 Å². The number of nitrogens with two attached hydrogens (primary N) is 1. The van der Waals surface area contributed by atoms with Crippen LogP contribution in [0.5, 0.6) is 0 Å². The quantitative estimate of drug-likeness (QED) is 0.691. The van der Waals surface area contributed by atoms with Gasteiger partial charge in [0.25, 0.3) is 0 Å². The van der Waals surface area contributed by atoms with Crippen molar-refractivity contribution in [2.75, 3.05) is 11.1 Å². The molecule has 0 aliphatic rings. The third kappa shape index (κ3) is 2.35. The van der Waals surface area contributed by atoms with Crippen LogP contribution in [0.25, 0.3) is 0 Å². The first kappa shape index (κ1) is 10.2. The molecule has 1 heterocycles. The number of rotatable bonds is 2. The lowest BCUT2D eigenvalue weighted by atomic mass is 10.2. The summed E-state index contributed by atoms with van der Waals surface area (Å²) in [7, 11) is 0. The van der Waals surface area contributed by atoms with E-state index in [0.717, 1.165) is 11.3 Å². The van der Waals surface area contributed by atoms with E-state index in [4.69, 9.17) is 5.73 Å². The van der Waals surface area contributed by atoms with Crippen LogP contribution in [0.1, 0.15) is 5.56 Å². The maximum atomic E-state index is 11.0. The lowest BCUT2D eigenvalue weighted by Gasteiger charge is -2.04. The first-order valence-corrected chi connectivity index (χ1v) is 4.71. The number of nitrogens with zero attached hydrogens (tertiary/aromatic N) is 2. The minimum Gasteiger partial charge on any atom is -0.369 e. The summed E-state index contributed by atoms with van der Waals surface area (Å²) in [6, 6.07) is 7.63. The van der Waals surface area contributed by atoms with Gasteiger partial charge in [0, 0.05) is 5.69 Å². The van der Waals surface area contributed by atoms with E-state index in [1.165, 1.54) is 0 Å². The summed E-state index contributed by atoms with van der Waals surface area (Å²) in [6.45, 7) is 1.99. The number of aromatic nitrogens is 3. The van der Waals surface area contributed by atoms with Crippen LogP contribution in [-0.4, -0.2) is 15.0 Å². The number of nitrogen functional groups attached to an aromatic ring is 1. The summed E-state index contributed by atoms with van der Waals surface area (Å²) < 4.78 is 0. The van der Waals surface area contributed by atoms with E-state index in [9.17, 15) is 4.79 Å². The van der Waals surface area contributed by atoms with Crippen LogP contribution < -0.4 is 16.7 Å². The van der Waals surface area contributed by atoms with Crippen molar-refractivity contribution >= 4 is 17.6 Å². The van der Waals surface area contributed by atoms with E-state index >= 15 is 0 Å². The molecule has 0 fully saturated rings. The Hall–Kier alpha value is -2.37. The van der Waals surface area contributed by atoms with Gasteiger partial charge in [0.1, 0.15) is 0 Å². The van der Waals surface area contributed by atoms with Crippen LogP contribution in [0.2, 0.25) is 0 Å². The zero-order valence-electron chi connectivity index (χ0n) is 8.69. The van der Waals surface area contributed by atoms with Gasteiger partial charge in [-0.3, -0.25) is 4.98 Å². The summed E-state index contributed by atoms with van der Waals surface area (Å²) in [4.78, 5) is 20.8. The maximum absolute atomic E-state index is 11.0. The van der Waals surface area contributed by atoms with Crippen molar-refractivity contribution in [3.8, 4) is 0 Å². The van der Waals surface area contributed by atoms with Crippen molar-refractivity contribution in [2.45, 2.75) is 6.92 Å². The number of hydrogen-bond acceptors (Lipinski definition) is 5.